The van der Waals surface area contributed by atoms with Crippen molar-refractivity contribution in [3.05, 3.63) is 64.4 Å². The van der Waals surface area contributed by atoms with E-state index in [2.05, 4.69) is 37.8 Å². The summed E-state index contributed by atoms with van der Waals surface area (Å²) in [5.74, 6) is 0.0445. The number of rotatable bonds is 5. The molecule has 1 heterocycles. The molecule has 0 amide bonds. The Balaban J connectivity index is 2.26. The summed E-state index contributed by atoms with van der Waals surface area (Å²) >= 11 is 2.47. The fourth-order valence-electron chi connectivity index (χ4n) is 2.09. The van der Waals surface area contributed by atoms with Crippen molar-refractivity contribution in [2.24, 2.45) is 0 Å². The van der Waals surface area contributed by atoms with E-state index in [0.717, 1.165) is 15.7 Å². The fourth-order valence-corrected chi connectivity index (χ4v) is 3.37. The highest BCUT2D eigenvalue weighted by Crippen LogP contribution is 2.28. The standard InChI is InChI=1S/C17H21BrN2OS/c1-17(2,3)22(21)20-12-14(13-8-5-4-6-9-13)16-15(18)10-7-11-19-16/h4-11,14,20H,12H2,1-3H3. The van der Waals surface area contributed by atoms with Crippen molar-refractivity contribution in [1.29, 1.82) is 0 Å². The van der Waals surface area contributed by atoms with E-state index in [0.29, 0.717) is 6.54 Å². The normalized spacial score (nSPS) is 14.6. The molecule has 2 aromatic rings. The van der Waals surface area contributed by atoms with Gasteiger partial charge in [-0.1, -0.05) is 30.3 Å². The minimum Gasteiger partial charge on any atom is -0.598 e. The van der Waals surface area contributed by atoms with Crippen LogP contribution in [0.2, 0.25) is 0 Å². The van der Waals surface area contributed by atoms with Crippen LogP contribution in [0.1, 0.15) is 37.9 Å². The smallest absolute Gasteiger partial charge is 0.136 e. The molecular weight excluding hydrogens is 360 g/mol. The van der Waals surface area contributed by atoms with Gasteiger partial charge in [0.05, 0.1) is 12.2 Å². The van der Waals surface area contributed by atoms with E-state index in [-0.39, 0.29) is 10.7 Å². The van der Waals surface area contributed by atoms with Gasteiger partial charge in [0, 0.05) is 27.9 Å². The molecule has 22 heavy (non-hydrogen) atoms. The molecular formula is C17H21BrN2OS. The number of hydrogen-bond acceptors (Lipinski definition) is 3. The average molecular weight is 381 g/mol. The zero-order chi connectivity index (χ0) is 16.2. The monoisotopic (exact) mass is 380 g/mol. The number of nitrogens with one attached hydrogen (secondary N) is 1. The van der Waals surface area contributed by atoms with Crippen LogP contribution < -0.4 is 4.72 Å². The Morgan fingerprint density at radius 3 is 2.45 bits per heavy atom. The van der Waals surface area contributed by atoms with Gasteiger partial charge in [0.15, 0.2) is 0 Å². The van der Waals surface area contributed by atoms with E-state index in [1.54, 1.807) is 6.20 Å². The summed E-state index contributed by atoms with van der Waals surface area (Å²) in [6, 6.07) is 14.1. The molecule has 0 spiro atoms. The summed E-state index contributed by atoms with van der Waals surface area (Å²) in [5.41, 5.74) is 2.10. The molecule has 1 aromatic carbocycles. The lowest BCUT2D eigenvalue weighted by molar-refractivity contribution is 0.540. The second-order valence-electron chi connectivity index (χ2n) is 6.06. The molecule has 2 unspecified atom stereocenters. The predicted octanol–water partition coefficient (Wildman–Crippen LogP) is 4.03. The van der Waals surface area contributed by atoms with Crippen molar-refractivity contribution in [2.45, 2.75) is 31.4 Å². The lowest BCUT2D eigenvalue weighted by atomic mass is 9.95. The molecule has 0 aliphatic rings. The van der Waals surface area contributed by atoms with E-state index in [9.17, 15) is 4.55 Å². The van der Waals surface area contributed by atoms with E-state index in [1.807, 2.05) is 51.1 Å². The van der Waals surface area contributed by atoms with Crippen LogP contribution in [0, 0.1) is 0 Å². The highest BCUT2D eigenvalue weighted by molar-refractivity contribution is 9.10. The number of benzene rings is 1. The number of aromatic nitrogens is 1. The molecule has 1 aromatic heterocycles. The van der Waals surface area contributed by atoms with Gasteiger partial charge in [0.1, 0.15) is 4.75 Å². The van der Waals surface area contributed by atoms with Crippen LogP contribution in [-0.2, 0) is 11.4 Å². The molecule has 1 N–H and O–H groups in total. The summed E-state index contributed by atoms with van der Waals surface area (Å²) in [6.45, 7) is 6.46. The fraction of sp³-hybridized carbons (Fsp3) is 0.353. The maximum absolute atomic E-state index is 12.3. The van der Waals surface area contributed by atoms with E-state index in [1.165, 1.54) is 0 Å². The summed E-state index contributed by atoms with van der Waals surface area (Å²) in [5, 5.41) is 0. The summed E-state index contributed by atoms with van der Waals surface area (Å²) < 4.78 is 16.1. The first-order chi connectivity index (χ1) is 10.4. The van der Waals surface area contributed by atoms with Gasteiger partial charge in [-0.15, -0.1) is 4.72 Å². The number of halogens is 1. The van der Waals surface area contributed by atoms with Gasteiger partial charge in [-0.3, -0.25) is 4.98 Å². The van der Waals surface area contributed by atoms with Crippen molar-refractivity contribution in [3.8, 4) is 0 Å². The first-order valence-electron chi connectivity index (χ1n) is 7.20. The number of hydrogen-bond donors (Lipinski definition) is 1. The Hall–Kier alpha value is -0.880. The van der Waals surface area contributed by atoms with Crippen molar-refractivity contribution >= 4 is 27.3 Å². The highest BCUT2D eigenvalue weighted by Gasteiger charge is 2.28. The third-order valence-electron chi connectivity index (χ3n) is 3.29. The second-order valence-corrected chi connectivity index (χ2v) is 8.97. The zero-order valence-corrected chi connectivity index (χ0v) is 15.4. The van der Waals surface area contributed by atoms with Gasteiger partial charge < -0.3 is 4.55 Å². The Labute approximate surface area is 144 Å². The molecule has 5 heteroatoms. The largest absolute Gasteiger partial charge is 0.598 e. The summed E-state index contributed by atoms with van der Waals surface area (Å²) in [7, 11) is 0. The van der Waals surface area contributed by atoms with Crippen molar-refractivity contribution in [3.63, 3.8) is 0 Å². The van der Waals surface area contributed by atoms with Crippen LogP contribution in [0.3, 0.4) is 0 Å². The third-order valence-corrected chi connectivity index (χ3v) is 5.51. The molecule has 3 nitrogen and oxygen atoms in total. The van der Waals surface area contributed by atoms with Crippen molar-refractivity contribution in [2.75, 3.05) is 6.54 Å². The Morgan fingerprint density at radius 1 is 1.18 bits per heavy atom. The molecule has 0 aliphatic heterocycles. The Kier molecular flexibility index (Phi) is 6.03. The number of nitrogens with zero attached hydrogens (tertiary/aromatic N) is 1. The molecule has 0 saturated heterocycles. The average Bonchev–Trinajstić information content (AvgIpc) is 2.49. The Bertz CT molecular complexity index is 601. The van der Waals surface area contributed by atoms with E-state index < -0.39 is 11.4 Å². The van der Waals surface area contributed by atoms with E-state index >= 15 is 0 Å². The topological polar surface area (TPSA) is 48.0 Å². The maximum Gasteiger partial charge on any atom is 0.136 e. The molecule has 0 bridgehead atoms. The third kappa shape index (κ3) is 4.56. The van der Waals surface area contributed by atoms with Crippen LogP contribution in [-0.4, -0.2) is 20.8 Å². The van der Waals surface area contributed by atoms with Gasteiger partial charge in [-0.05, 0) is 54.4 Å². The summed E-state index contributed by atoms with van der Waals surface area (Å²) in [6.07, 6.45) is 1.79. The molecule has 0 aliphatic carbocycles. The van der Waals surface area contributed by atoms with Crippen LogP contribution in [0.4, 0.5) is 0 Å². The highest BCUT2D eigenvalue weighted by atomic mass is 79.9. The van der Waals surface area contributed by atoms with Gasteiger partial charge in [0.2, 0.25) is 0 Å². The number of pyridine rings is 1. The SMILES string of the molecule is CC(C)(C)[S+]([O-])NCC(c1ccccc1)c1ncccc1Br. The van der Waals surface area contributed by atoms with E-state index in [4.69, 9.17) is 0 Å². The van der Waals surface area contributed by atoms with Gasteiger partial charge >= 0.3 is 0 Å². The first-order valence-corrected chi connectivity index (χ1v) is 9.14. The minimum atomic E-state index is -1.11. The molecule has 0 saturated carbocycles. The van der Waals surface area contributed by atoms with Crippen LogP contribution in [0.5, 0.6) is 0 Å². The van der Waals surface area contributed by atoms with Gasteiger partial charge in [-0.2, -0.15) is 0 Å². The summed E-state index contributed by atoms with van der Waals surface area (Å²) in [4.78, 5) is 4.51. The Morgan fingerprint density at radius 2 is 1.86 bits per heavy atom. The molecule has 2 atom stereocenters. The van der Waals surface area contributed by atoms with Crippen molar-refractivity contribution in [1.82, 2.24) is 9.71 Å². The predicted molar refractivity (Wildman–Crippen MR) is 96.1 cm³/mol. The minimum absolute atomic E-state index is 0.0445. The second kappa shape index (κ2) is 7.59. The first kappa shape index (κ1) is 17.5. The van der Waals surface area contributed by atoms with Crippen LogP contribution in [0.15, 0.2) is 53.1 Å². The van der Waals surface area contributed by atoms with Crippen LogP contribution >= 0.6 is 15.9 Å². The van der Waals surface area contributed by atoms with Crippen LogP contribution in [0.25, 0.3) is 0 Å². The van der Waals surface area contributed by atoms with Gasteiger partial charge in [0.25, 0.3) is 0 Å². The quantitative estimate of drug-likeness (QED) is 0.796. The van der Waals surface area contributed by atoms with Gasteiger partial charge in [-0.25, -0.2) is 0 Å². The molecule has 118 valence electrons. The lowest BCUT2D eigenvalue weighted by Gasteiger charge is -2.26. The molecule has 2 rings (SSSR count). The van der Waals surface area contributed by atoms with Crippen molar-refractivity contribution < 1.29 is 4.55 Å². The molecule has 0 radical (unpaired) electrons. The maximum atomic E-state index is 12.3. The molecule has 0 fully saturated rings. The zero-order valence-electron chi connectivity index (χ0n) is 13.0. The lowest BCUT2D eigenvalue weighted by Crippen LogP contribution is -2.41.